The predicted molar refractivity (Wildman–Crippen MR) is 137 cm³/mol. The molecule has 192 valence electrons. The molecule has 2 aliphatic carbocycles. The fraction of sp³-hybridized carbons (Fsp3) is 0.517. The van der Waals surface area contributed by atoms with Crippen LogP contribution in [0.25, 0.3) is 11.1 Å². The van der Waals surface area contributed by atoms with Crippen molar-refractivity contribution in [3.8, 4) is 11.1 Å². The second kappa shape index (κ2) is 9.43. The summed E-state index contributed by atoms with van der Waals surface area (Å²) in [4.78, 5) is 26.5. The number of rotatable bonds is 6. The van der Waals surface area contributed by atoms with E-state index in [0.29, 0.717) is 25.6 Å². The maximum atomic E-state index is 12.5. The summed E-state index contributed by atoms with van der Waals surface area (Å²) in [5, 5.41) is 12.8. The number of carbonyl (C=O) groups is 2. The highest BCUT2D eigenvalue weighted by Crippen LogP contribution is 2.54. The molecule has 3 aliphatic rings. The van der Waals surface area contributed by atoms with Gasteiger partial charge in [0.2, 0.25) is 0 Å². The molecule has 2 amide bonds. The van der Waals surface area contributed by atoms with Crippen LogP contribution < -0.4 is 5.32 Å². The zero-order chi connectivity index (χ0) is 25.5. The predicted octanol–water partition coefficient (Wildman–Crippen LogP) is 4.78. The van der Waals surface area contributed by atoms with Crippen LogP contribution in [-0.4, -0.2) is 60.6 Å². The first-order chi connectivity index (χ1) is 17.2. The number of ether oxygens (including phenoxy) is 2. The summed E-state index contributed by atoms with van der Waals surface area (Å²) in [5.74, 6) is 0.325. The Morgan fingerprint density at radius 3 is 2.19 bits per heavy atom. The maximum Gasteiger partial charge on any atom is 0.410 e. The van der Waals surface area contributed by atoms with Crippen LogP contribution in [0.3, 0.4) is 0 Å². The Morgan fingerprint density at radius 2 is 1.64 bits per heavy atom. The van der Waals surface area contributed by atoms with Gasteiger partial charge in [-0.15, -0.1) is 0 Å². The molecule has 5 rings (SSSR count). The monoisotopic (exact) mass is 492 g/mol. The minimum absolute atomic E-state index is 0.0141. The van der Waals surface area contributed by atoms with Crippen molar-refractivity contribution in [1.82, 2.24) is 10.2 Å². The Hall–Kier alpha value is -3.06. The van der Waals surface area contributed by atoms with Crippen molar-refractivity contribution in [2.24, 2.45) is 17.3 Å². The average molecular weight is 493 g/mol. The summed E-state index contributed by atoms with van der Waals surface area (Å²) in [6.45, 7) is 7.69. The van der Waals surface area contributed by atoms with E-state index in [1.165, 1.54) is 22.3 Å². The first kappa shape index (κ1) is 24.6. The third-order valence-corrected chi connectivity index (χ3v) is 7.85. The number of benzene rings is 2. The molecule has 2 N–H and O–H groups in total. The topological polar surface area (TPSA) is 88.1 Å². The Labute approximate surface area is 212 Å². The third kappa shape index (κ3) is 4.81. The van der Waals surface area contributed by atoms with E-state index >= 15 is 0 Å². The van der Waals surface area contributed by atoms with Crippen LogP contribution in [0.1, 0.15) is 50.7 Å². The van der Waals surface area contributed by atoms with Crippen LogP contribution >= 0.6 is 0 Å². The highest BCUT2D eigenvalue weighted by atomic mass is 16.6. The van der Waals surface area contributed by atoms with E-state index < -0.39 is 11.7 Å². The lowest BCUT2D eigenvalue weighted by molar-refractivity contribution is -0.112. The minimum atomic E-state index is -0.491. The van der Waals surface area contributed by atoms with Crippen molar-refractivity contribution in [2.45, 2.75) is 45.1 Å². The Morgan fingerprint density at radius 1 is 1.06 bits per heavy atom. The number of hydrogen-bond donors (Lipinski definition) is 2. The van der Waals surface area contributed by atoms with Crippen molar-refractivity contribution < 1.29 is 24.2 Å². The van der Waals surface area contributed by atoms with Gasteiger partial charge in [0, 0.05) is 43.5 Å². The van der Waals surface area contributed by atoms with Gasteiger partial charge in [0.25, 0.3) is 0 Å². The second-order valence-corrected chi connectivity index (χ2v) is 11.7. The summed E-state index contributed by atoms with van der Waals surface area (Å²) in [7, 11) is 0. The summed E-state index contributed by atoms with van der Waals surface area (Å²) in [5.41, 5.74) is 4.40. The lowest BCUT2D eigenvalue weighted by atomic mass is 9.55. The van der Waals surface area contributed by atoms with E-state index in [2.05, 4.69) is 29.6 Å². The molecular formula is C29H36N2O5. The second-order valence-electron chi connectivity index (χ2n) is 11.7. The molecule has 1 atom stereocenters. The summed E-state index contributed by atoms with van der Waals surface area (Å²) >= 11 is 0. The molecular weight excluding hydrogens is 456 g/mol. The van der Waals surface area contributed by atoms with Gasteiger partial charge in [-0.1, -0.05) is 48.5 Å². The zero-order valence-corrected chi connectivity index (χ0v) is 21.3. The molecule has 1 unspecified atom stereocenters. The molecule has 0 radical (unpaired) electrons. The van der Waals surface area contributed by atoms with Crippen LogP contribution in [-0.2, 0) is 9.47 Å². The first-order valence-corrected chi connectivity index (χ1v) is 12.9. The molecule has 1 aliphatic heterocycles. The van der Waals surface area contributed by atoms with Crippen LogP contribution in [0.5, 0.6) is 0 Å². The SMILES string of the molecule is CC(C)(C)OC(=O)N1CC2(CC(C(CO)CNC(=O)OCC3c4ccccc4-c4ccccc43)C2)C1. The molecule has 1 saturated carbocycles. The highest BCUT2D eigenvalue weighted by molar-refractivity contribution is 5.79. The fourth-order valence-electron chi connectivity index (χ4n) is 6.11. The molecule has 1 saturated heterocycles. The van der Waals surface area contributed by atoms with Gasteiger partial charge in [-0.2, -0.15) is 0 Å². The lowest BCUT2D eigenvalue weighted by Gasteiger charge is -2.60. The van der Waals surface area contributed by atoms with Crippen LogP contribution in [0.4, 0.5) is 9.59 Å². The number of carbonyl (C=O) groups excluding carboxylic acids is 2. The van der Waals surface area contributed by atoms with E-state index in [1.54, 1.807) is 4.90 Å². The molecule has 2 aromatic rings. The molecule has 7 heteroatoms. The number of fused-ring (bicyclic) bond motifs is 3. The van der Waals surface area contributed by atoms with Gasteiger partial charge in [-0.25, -0.2) is 9.59 Å². The van der Waals surface area contributed by atoms with Gasteiger partial charge in [-0.05, 0) is 61.8 Å². The largest absolute Gasteiger partial charge is 0.449 e. The molecule has 7 nitrogen and oxygen atoms in total. The van der Waals surface area contributed by atoms with Gasteiger partial charge < -0.3 is 24.8 Å². The number of likely N-dealkylation sites (tertiary alicyclic amines) is 1. The molecule has 36 heavy (non-hydrogen) atoms. The Kier molecular flexibility index (Phi) is 6.45. The number of amides is 2. The number of alkyl carbamates (subject to hydrolysis) is 1. The van der Waals surface area contributed by atoms with Gasteiger partial charge in [0.05, 0.1) is 0 Å². The standard InChI is InChI=1S/C29H36N2O5/c1-28(2,3)36-27(34)31-17-29(18-31)12-19(13-29)20(15-32)14-30-26(33)35-16-25-23-10-6-4-8-21(23)22-9-5-7-11-24(22)25/h4-11,19-20,25,32H,12-18H2,1-3H3,(H,30,33). The lowest BCUT2D eigenvalue weighted by Crippen LogP contribution is -2.65. The van der Waals surface area contributed by atoms with Gasteiger partial charge in [-0.3, -0.25) is 0 Å². The first-order valence-electron chi connectivity index (χ1n) is 12.9. The number of hydrogen-bond acceptors (Lipinski definition) is 5. The van der Waals surface area contributed by atoms with Crippen molar-refractivity contribution in [1.29, 1.82) is 0 Å². The van der Waals surface area contributed by atoms with Crippen LogP contribution in [0.2, 0.25) is 0 Å². The number of aliphatic hydroxyl groups excluding tert-OH is 1. The van der Waals surface area contributed by atoms with E-state index in [1.807, 2.05) is 45.0 Å². The minimum Gasteiger partial charge on any atom is -0.449 e. The van der Waals surface area contributed by atoms with E-state index in [0.717, 1.165) is 12.8 Å². The van der Waals surface area contributed by atoms with Crippen LogP contribution in [0, 0.1) is 17.3 Å². The Bertz CT molecular complexity index is 1080. The van der Waals surface area contributed by atoms with Crippen molar-refractivity contribution in [3.63, 3.8) is 0 Å². The molecule has 0 bridgehead atoms. The van der Waals surface area contributed by atoms with E-state index in [9.17, 15) is 14.7 Å². The van der Waals surface area contributed by atoms with Gasteiger partial charge >= 0.3 is 12.2 Å². The van der Waals surface area contributed by atoms with Crippen molar-refractivity contribution >= 4 is 12.2 Å². The average Bonchev–Trinajstić information content (AvgIpc) is 3.10. The summed E-state index contributed by atoms with van der Waals surface area (Å²) in [6.07, 6.45) is 1.18. The molecule has 1 heterocycles. The number of nitrogens with one attached hydrogen (secondary N) is 1. The van der Waals surface area contributed by atoms with E-state index in [-0.39, 0.29) is 36.6 Å². The quantitative estimate of drug-likeness (QED) is 0.606. The molecule has 2 fully saturated rings. The van der Waals surface area contributed by atoms with Crippen LogP contribution in [0.15, 0.2) is 48.5 Å². The number of nitrogens with zero attached hydrogens (tertiary/aromatic N) is 1. The highest BCUT2D eigenvalue weighted by Gasteiger charge is 2.55. The van der Waals surface area contributed by atoms with Gasteiger partial charge in [0.15, 0.2) is 0 Å². The summed E-state index contributed by atoms with van der Waals surface area (Å²) < 4.78 is 11.1. The van der Waals surface area contributed by atoms with Crippen molar-refractivity contribution in [2.75, 3.05) is 32.8 Å². The fourth-order valence-corrected chi connectivity index (χ4v) is 6.11. The normalized spacial score (nSPS) is 19.1. The number of aliphatic hydroxyl groups is 1. The maximum absolute atomic E-state index is 12.5. The summed E-state index contributed by atoms with van der Waals surface area (Å²) in [6, 6.07) is 16.5. The van der Waals surface area contributed by atoms with Gasteiger partial charge in [0.1, 0.15) is 12.2 Å². The van der Waals surface area contributed by atoms with E-state index in [4.69, 9.17) is 9.47 Å². The molecule has 0 aromatic heterocycles. The Balaban J connectivity index is 1.07. The van der Waals surface area contributed by atoms with Crippen molar-refractivity contribution in [3.05, 3.63) is 59.7 Å². The molecule has 1 spiro atoms. The smallest absolute Gasteiger partial charge is 0.410 e. The molecule has 2 aromatic carbocycles. The zero-order valence-electron chi connectivity index (χ0n) is 21.3. The third-order valence-electron chi connectivity index (χ3n) is 7.85.